The first kappa shape index (κ1) is 23.8. The normalized spacial score (nSPS) is 23.8. The zero-order valence-electron chi connectivity index (χ0n) is 15.7. The van der Waals surface area contributed by atoms with E-state index in [2.05, 4.69) is 15.3 Å². The minimum absolute atomic E-state index is 0.0977. The maximum Gasteiger partial charge on any atom is 0.490 e. The summed E-state index contributed by atoms with van der Waals surface area (Å²) in [6.07, 6.45) is 0.356. The summed E-state index contributed by atoms with van der Waals surface area (Å²) in [6.45, 7) is 0.638. The average molecular weight is 454 g/mol. The van der Waals surface area contributed by atoms with Crippen LogP contribution in [0.5, 0.6) is 0 Å². The average Bonchev–Trinajstić information content (AvgIpc) is 3.01. The number of carboxylic acid groups (broad SMARTS) is 2. The third-order valence-electron chi connectivity index (χ3n) is 4.68. The minimum Gasteiger partial charge on any atom is -0.475 e. The van der Waals surface area contributed by atoms with Gasteiger partial charge in [-0.2, -0.15) is 17.5 Å². The highest BCUT2D eigenvalue weighted by molar-refractivity contribution is 7.89. The van der Waals surface area contributed by atoms with Crippen molar-refractivity contribution in [1.82, 2.24) is 14.3 Å². The summed E-state index contributed by atoms with van der Waals surface area (Å²) < 4.78 is 57.3. The molecule has 0 unspecified atom stereocenters. The smallest absolute Gasteiger partial charge is 0.475 e. The third kappa shape index (κ3) is 6.52. The van der Waals surface area contributed by atoms with E-state index in [-0.39, 0.29) is 23.7 Å². The molecule has 10 nitrogen and oxygen atoms in total. The molecule has 0 amide bonds. The van der Waals surface area contributed by atoms with E-state index >= 15 is 0 Å². The van der Waals surface area contributed by atoms with E-state index in [1.807, 2.05) is 0 Å². The monoisotopic (exact) mass is 454 g/mol. The highest BCUT2D eigenvalue weighted by Gasteiger charge is 2.38. The molecule has 168 valence electrons. The number of nitrogens with zero attached hydrogens (tertiary/aromatic N) is 3. The summed E-state index contributed by atoms with van der Waals surface area (Å²) in [7, 11) is -3.05. The van der Waals surface area contributed by atoms with Crippen LogP contribution in [0, 0.1) is 0 Å². The number of aliphatic carboxylic acids is 1. The molecule has 14 heteroatoms. The van der Waals surface area contributed by atoms with E-state index < -0.39 is 28.1 Å². The van der Waals surface area contributed by atoms with Crippen molar-refractivity contribution in [2.45, 2.75) is 50.4 Å². The Bertz CT molecular complexity index is 872. The Balaban J connectivity index is 0.000000396. The second-order valence-corrected chi connectivity index (χ2v) is 8.84. The number of hydrogen-bond donors (Lipinski definition) is 3. The second-order valence-electron chi connectivity index (χ2n) is 6.80. The van der Waals surface area contributed by atoms with Crippen LogP contribution >= 0.6 is 0 Å². The van der Waals surface area contributed by atoms with Gasteiger partial charge in [0.25, 0.3) is 0 Å². The van der Waals surface area contributed by atoms with Gasteiger partial charge in [-0.3, -0.25) is 0 Å². The number of alkyl halides is 3. The Hall–Kier alpha value is -2.48. The summed E-state index contributed by atoms with van der Waals surface area (Å²) >= 11 is 0. The summed E-state index contributed by atoms with van der Waals surface area (Å²) in [5.41, 5.74) is 0. The molecule has 1 aliphatic carbocycles. The van der Waals surface area contributed by atoms with Gasteiger partial charge in [0, 0.05) is 24.8 Å². The van der Waals surface area contributed by atoms with Gasteiger partial charge in [-0.1, -0.05) is 0 Å². The number of hydrogen-bond acceptors (Lipinski definition) is 7. The number of rotatable bonds is 4. The van der Waals surface area contributed by atoms with Crippen molar-refractivity contribution in [3.63, 3.8) is 0 Å². The Morgan fingerprint density at radius 2 is 1.77 bits per heavy atom. The lowest BCUT2D eigenvalue weighted by atomic mass is 9.91. The predicted molar refractivity (Wildman–Crippen MR) is 97.5 cm³/mol. The minimum atomic E-state index is -5.08. The zero-order chi connectivity index (χ0) is 22.5. The molecule has 0 aromatic carbocycles. The quantitative estimate of drug-likeness (QED) is 0.616. The lowest BCUT2D eigenvalue weighted by molar-refractivity contribution is -0.192. The molecule has 0 spiro atoms. The fourth-order valence-electron chi connectivity index (χ4n) is 3.33. The highest BCUT2D eigenvalue weighted by Crippen LogP contribution is 2.29. The number of aromatic carboxylic acids is 1. The molecule has 1 saturated heterocycles. The van der Waals surface area contributed by atoms with Gasteiger partial charge < -0.3 is 15.5 Å². The van der Waals surface area contributed by atoms with Gasteiger partial charge in [-0.25, -0.2) is 28.0 Å². The topological polar surface area (TPSA) is 150 Å². The van der Waals surface area contributed by atoms with E-state index in [0.717, 1.165) is 32.1 Å². The second kappa shape index (κ2) is 9.55. The third-order valence-corrected chi connectivity index (χ3v) is 6.68. The maximum atomic E-state index is 12.0. The molecule has 2 heterocycles. The lowest BCUT2D eigenvalue weighted by Gasteiger charge is -2.34. The fraction of sp³-hybridized carbons (Fsp3) is 0.625. The van der Waals surface area contributed by atoms with Crippen molar-refractivity contribution in [2.24, 2.45) is 0 Å². The SMILES string of the molecule is O=C(O)C(F)(F)F.O=C(O)c1nccc(NC2CCC(N3CCCS3(=O)=O)CC2)n1. The molecule has 3 rings (SSSR count). The Morgan fingerprint density at radius 3 is 2.23 bits per heavy atom. The maximum absolute atomic E-state index is 12.0. The van der Waals surface area contributed by atoms with Gasteiger partial charge >= 0.3 is 18.1 Å². The molecule has 3 N–H and O–H groups in total. The standard InChI is InChI=1S/C14H20N4O4S.C2HF3O2/c19-14(20)13-15-7-6-12(17-13)16-10-2-4-11(5-3-10)18-8-1-9-23(18,21)22;3-2(4,5)1(6)7/h6-7,10-11H,1-5,8-9H2,(H,19,20)(H,15,16,17);(H,6,7). The number of nitrogens with one attached hydrogen (secondary N) is 1. The summed E-state index contributed by atoms with van der Waals surface area (Å²) in [6, 6.07) is 1.91. The van der Waals surface area contributed by atoms with Crippen LogP contribution in [0.15, 0.2) is 12.3 Å². The van der Waals surface area contributed by atoms with Crippen LogP contribution in [0.2, 0.25) is 0 Å². The Labute approximate surface area is 170 Å². The van der Waals surface area contributed by atoms with E-state index in [0.29, 0.717) is 12.4 Å². The molecule has 2 aliphatic rings. The lowest BCUT2D eigenvalue weighted by Crippen LogP contribution is -2.41. The predicted octanol–water partition coefficient (Wildman–Crippen LogP) is 1.57. The first-order valence-corrected chi connectivity index (χ1v) is 10.6. The van der Waals surface area contributed by atoms with Gasteiger partial charge in [0.15, 0.2) is 0 Å². The van der Waals surface area contributed by atoms with Crippen LogP contribution in [0.25, 0.3) is 0 Å². The molecular weight excluding hydrogens is 433 g/mol. The Kier molecular flexibility index (Phi) is 7.58. The van der Waals surface area contributed by atoms with E-state index in [1.54, 1.807) is 10.4 Å². The van der Waals surface area contributed by atoms with E-state index in [1.165, 1.54) is 6.20 Å². The highest BCUT2D eigenvalue weighted by atomic mass is 32.2. The van der Waals surface area contributed by atoms with E-state index in [4.69, 9.17) is 15.0 Å². The van der Waals surface area contributed by atoms with Crippen molar-refractivity contribution >= 4 is 27.8 Å². The van der Waals surface area contributed by atoms with Crippen LogP contribution in [0.4, 0.5) is 19.0 Å². The number of anilines is 1. The summed E-state index contributed by atoms with van der Waals surface area (Å²) in [5.74, 6) is -3.38. The number of sulfonamides is 1. The van der Waals surface area contributed by atoms with Crippen molar-refractivity contribution in [2.75, 3.05) is 17.6 Å². The van der Waals surface area contributed by atoms with Crippen LogP contribution in [0.3, 0.4) is 0 Å². The Morgan fingerprint density at radius 1 is 1.17 bits per heavy atom. The number of carboxylic acids is 2. The van der Waals surface area contributed by atoms with Crippen molar-refractivity contribution in [3.8, 4) is 0 Å². The van der Waals surface area contributed by atoms with Crippen LogP contribution in [-0.4, -0.2) is 75.4 Å². The van der Waals surface area contributed by atoms with Crippen LogP contribution in [-0.2, 0) is 14.8 Å². The van der Waals surface area contributed by atoms with Gasteiger partial charge in [0.2, 0.25) is 15.8 Å². The van der Waals surface area contributed by atoms with Crippen molar-refractivity contribution < 1.29 is 41.4 Å². The summed E-state index contributed by atoms with van der Waals surface area (Å²) in [4.78, 5) is 27.4. The van der Waals surface area contributed by atoms with Crippen molar-refractivity contribution in [1.29, 1.82) is 0 Å². The number of halogens is 3. The zero-order valence-corrected chi connectivity index (χ0v) is 16.5. The molecule has 2 fully saturated rings. The summed E-state index contributed by atoms with van der Waals surface area (Å²) in [5, 5.41) is 19.3. The van der Waals surface area contributed by atoms with Gasteiger partial charge in [0.1, 0.15) is 5.82 Å². The first-order chi connectivity index (χ1) is 13.9. The van der Waals surface area contributed by atoms with Gasteiger partial charge in [-0.05, 0) is 38.2 Å². The van der Waals surface area contributed by atoms with Gasteiger partial charge in [-0.15, -0.1) is 0 Å². The van der Waals surface area contributed by atoms with Crippen LogP contribution in [0.1, 0.15) is 42.7 Å². The largest absolute Gasteiger partial charge is 0.490 e. The van der Waals surface area contributed by atoms with Gasteiger partial charge in [0.05, 0.1) is 5.75 Å². The molecule has 0 atom stereocenters. The fourth-order valence-corrected chi connectivity index (χ4v) is 5.13. The molecular formula is C16H21F3N4O6S. The molecule has 0 radical (unpaired) electrons. The first-order valence-electron chi connectivity index (χ1n) is 9.02. The van der Waals surface area contributed by atoms with E-state index in [9.17, 15) is 26.4 Å². The molecule has 1 aliphatic heterocycles. The molecule has 1 aromatic heterocycles. The molecule has 0 bridgehead atoms. The van der Waals surface area contributed by atoms with Crippen molar-refractivity contribution in [3.05, 3.63) is 18.1 Å². The number of carbonyl (C=O) groups is 2. The molecule has 30 heavy (non-hydrogen) atoms. The number of aromatic nitrogens is 2. The van der Waals surface area contributed by atoms with Crippen LogP contribution < -0.4 is 5.32 Å². The molecule has 1 saturated carbocycles. The molecule has 1 aromatic rings.